The van der Waals surface area contributed by atoms with E-state index in [0.29, 0.717) is 12.3 Å². The third-order valence-electron chi connectivity index (χ3n) is 7.51. The highest BCUT2D eigenvalue weighted by atomic mass is 35.5. The van der Waals surface area contributed by atoms with Crippen molar-refractivity contribution in [1.29, 1.82) is 0 Å². The first-order chi connectivity index (χ1) is 12.2. The average Bonchev–Trinajstić information content (AvgIpc) is 2.62. The lowest BCUT2D eigenvalue weighted by Gasteiger charge is -2.62. The summed E-state index contributed by atoms with van der Waals surface area (Å²) < 4.78 is 5.45. The monoisotopic (exact) mass is 375 g/mol. The second kappa shape index (κ2) is 6.92. The summed E-state index contributed by atoms with van der Waals surface area (Å²) in [7, 11) is 0. The average molecular weight is 376 g/mol. The van der Waals surface area contributed by atoms with Gasteiger partial charge in [0.2, 0.25) is 0 Å². The van der Waals surface area contributed by atoms with E-state index < -0.39 is 0 Å². The van der Waals surface area contributed by atoms with Gasteiger partial charge in [0.15, 0.2) is 5.78 Å². The molecular formula is C22H30ClNO2. The van der Waals surface area contributed by atoms with Gasteiger partial charge in [-0.25, -0.2) is 0 Å². The number of halogens is 1. The van der Waals surface area contributed by atoms with E-state index in [4.69, 9.17) is 4.74 Å². The summed E-state index contributed by atoms with van der Waals surface area (Å²) in [6.45, 7) is 4.03. The molecule has 2 unspecified atom stereocenters. The Kier molecular flexibility index (Phi) is 4.92. The van der Waals surface area contributed by atoms with Crippen molar-refractivity contribution in [2.24, 2.45) is 17.3 Å². The molecule has 26 heavy (non-hydrogen) atoms. The topological polar surface area (TPSA) is 29.5 Å². The van der Waals surface area contributed by atoms with Crippen LogP contribution in [0.25, 0.3) is 0 Å². The van der Waals surface area contributed by atoms with Crippen LogP contribution in [0.1, 0.15) is 44.1 Å². The molecule has 1 aromatic carbocycles. The van der Waals surface area contributed by atoms with Crippen LogP contribution in [0.2, 0.25) is 0 Å². The van der Waals surface area contributed by atoms with Crippen LogP contribution in [0, 0.1) is 17.3 Å². The van der Waals surface area contributed by atoms with Crippen molar-refractivity contribution in [2.45, 2.75) is 43.9 Å². The van der Waals surface area contributed by atoms with E-state index in [1.54, 1.807) is 0 Å². The minimum atomic E-state index is -0.0434. The summed E-state index contributed by atoms with van der Waals surface area (Å²) in [6, 6.07) is 11.1. The number of carbonyl (C=O) groups is 1. The van der Waals surface area contributed by atoms with Crippen molar-refractivity contribution in [3.8, 4) is 0 Å². The predicted molar refractivity (Wildman–Crippen MR) is 105 cm³/mol. The lowest BCUT2D eigenvalue weighted by atomic mass is 9.42. The van der Waals surface area contributed by atoms with Gasteiger partial charge in [0.1, 0.15) is 0 Å². The summed E-state index contributed by atoms with van der Waals surface area (Å²) >= 11 is 0. The van der Waals surface area contributed by atoms with Crippen LogP contribution in [-0.4, -0.2) is 43.5 Å². The lowest BCUT2D eigenvalue weighted by Crippen LogP contribution is -2.58. The van der Waals surface area contributed by atoms with Gasteiger partial charge in [-0.05, 0) is 61.3 Å². The fourth-order valence-electron chi connectivity index (χ4n) is 6.85. The Bertz CT molecular complexity index is 641. The summed E-state index contributed by atoms with van der Waals surface area (Å²) in [4.78, 5) is 15.8. The number of benzene rings is 1. The van der Waals surface area contributed by atoms with Crippen LogP contribution in [0.3, 0.4) is 0 Å². The van der Waals surface area contributed by atoms with Gasteiger partial charge >= 0.3 is 0 Å². The number of morpholine rings is 1. The van der Waals surface area contributed by atoms with E-state index >= 15 is 0 Å². The maximum absolute atomic E-state index is 13.5. The molecule has 1 aromatic rings. The number of carbonyl (C=O) groups excluding carboxylic acids is 1. The highest BCUT2D eigenvalue weighted by Gasteiger charge is 2.60. The van der Waals surface area contributed by atoms with E-state index in [1.807, 2.05) is 0 Å². The third-order valence-corrected chi connectivity index (χ3v) is 7.51. The molecule has 2 atom stereocenters. The molecule has 4 saturated carbocycles. The van der Waals surface area contributed by atoms with Crippen LogP contribution in [0.4, 0.5) is 0 Å². The van der Waals surface area contributed by atoms with Crippen molar-refractivity contribution in [3.05, 3.63) is 35.9 Å². The molecule has 3 nitrogen and oxygen atoms in total. The molecule has 4 heteroatoms. The first-order valence-corrected chi connectivity index (χ1v) is 10.1. The Morgan fingerprint density at radius 2 is 1.69 bits per heavy atom. The maximum Gasteiger partial charge on any atom is 0.153 e. The summed E-state index contributed by atoms with van der Waals surface area (Å²) in [6.07, 6.45) is 7.38. The number of Topliss-reactive ketones (excluding diaryl/α,β-unsaturated/α-hetero) is 1. The molecule has 6 rings (SSSR count). The third kappa shape index (κ3) is 3.02. The van der Waals surface area contributed by atoms with Gasteiger partial charge in [0.05, 0.1) is 19.8 Å². The minimum absolute atomic E-state index is 0. The number of nitrogens with zero attached hydrogens (tertiary/aromatic N) is 1. The molecule has 4 aliphatic carbocycles. The fraction of sp³-hybridized carbons (Fsp3) is 0.682. The zero-order valence-electron chi connectivity index (χ0n) is 15.5. The number of ketones is 1. The molecule has 4 bridgehead atoms. The zero-order chi connectivity index (χ0) is 16.9. The minimum Gasteiger partial charge on any atom is -0.379 e. The Labute approximate surface area is 162 Å². The molecular weight excluding hydrogens is 346 g/mol. The van der Waals surface area contributed by atoms with Gasteiger partial charge in [-0.3, -0.25) is 9.69 Å². The van der Waals surface area contributed by atoms with E-state index in [1.165, 1.54) is 24.8 Å². The van der Waals surface area contributed by atoms with Gasteiger partial charge in [-0.2, -0.15) is 0 Å². The normalized spacial score (nSPS) is 38.8. The van der Waals surface area contributed by atoms with E-state index in [2.05, 4.69) is 35.2 Å². The predicted octanol–water partition coefficient (Wildman–Crippen LogP) is 3.85. The summed E-state index contributed by atoms with van der Waals surface area (Å²) in [5, 5.41) is 0. The molecule has 5 aliphatic rings. The Morgan fingerprint density at radius 1 is 1.04 bits per heavy atom. The van der Waals surface area contributed by atoms with Crippen molar-refractivity contribution in [3.63, 3.8) is 0 Å². The Morgan fingerprint density at radius 3 is 2.35 bits per heavy atom. The lowest BCUT2D eigenvalue weighted by molar-refractivity contribution is -0.148. The standard InChI is InChI=1S/C22H29NO2.ClH/c24-20(15-23-6-8-25-9-7-23)22-13-17-10-18(14-22)12-21(11-17,16-22)19-4-2-1-3-5-19;/h1-5,17-18H,6-16H2;1H. The molecule has 1 saturated heterocycles. The molecule has 0 aromatic heterocycles. The van der Waals surface area contributed by atoms with Gasteiger partial charge in [0.25, 0.3) is 0 Å². The van der Waals surface area contributed by atoms with Gasteiger partial charge in [-0.1, -0.05) is 30.3 Å². The van der Waals surface area contributed by atoms with Crippen molar-refractivity contribution in [2.75, 3.05) is 32.8 Å². The number of ether oxygens (including phenoxy) is 1. The van der Waals surface area contributed by atoms with Gasteiger partial charge in [-0.15, -0.1) is 12.4 Å². The highest BCUT2D eigenvalue weighted by molar-refractivity contribution is 5.87. The van der Waals surface area contributed by atoms with Crippen LogP contribution < -0.4 is 0 Å². The molecule has 1 heterocycles. The number of hydrogen-bond donors (Lipinski definition) is 0. The molecule has 5 fully saturated rings. The molecule has 0 spiro atoms. The van der Waals surface area contributed by atoms with Crippen molar-refractivity contribution in [1.82, 2.24) is 4.90 Å². The molecule has 0 N–H and O–H groups in total. The first kappa shape index (κ1) is 18.5. The van der Waals surface area contributed by atoms with Crippen molar-refractivity contribution < 1.29 is 9.53 Å². The fourth-order valence-corrected chi connectivity index (χ4v) is 6.85. The van der Waals surface area contributed by atoms with Gasteiger partial charge in [0, 0.05) is 18.5 Å². The smallest absolute Gasteiger partial charge is 0.153 e. The molecule has 142 valence electrons. The largest absolute Gasteiger partial charge is 0.379 e. The Balaban J connectivity index is 0.00000168. The maximum atomic E-state index is 13.5. The second-order valence-corrected chi connectivity index (χ2v) is 9.20. The van der Waals surface area contributed by atoms with E-state index in [-0.39, 0.29) is 23.2 Å². The number of rotatable bonds is 4. The summed E-state index contributed by atoms with van der Waals surface area (Å²) in [5.41, 5.74) is 1.72. The summed E-state index contributed by atoms with van der Waals surface area (Å²) in [5.74, 6) is 2.05. The highest BCUT2D eigenvalue weighted by Crippen LogP contribution is 2.66. The van der Waals surface area contributed by atoms with Crippen LogP contribution in [0.15, 0.2) is 30.3 Å². The number of hydrogen-bond acceptors (Lipinski definition) is 3. The van der Waals surface area contributed by atoms with Gasteiger partial charge < -0.3 is 4.74 Å². The zero-order valence-corrected chi connectivity index (χ0v) is 16.3. The van der Waals surface area contributed by atoms with Crippen LogP contribution >= 0.6 is 12.4 Å². The van der Waals surface area contributed by atoms with E-state index in [0.717, 1.165) is 57.4 Å². The first-order valence-electron chi connectivity index (χ1n) is 10.1. The Hall–Kier alpha value is -0.900. The van der Waals surface area contributed by atoms with Crippen LogP contribution in [-0.2, 0) is 14.9 Å². The van der Waals surface area contributed by atoms with Crippen LogP contribution in [0.5, 0.6) is 0 Å². The molecule has 0 amide bonds. The van der Waals surface area contributed by atoms with E-state index in [9.17, 15) is 4.79 Å². The quantitative estimate of drug-likeness (QED) is 0.800. The van der Waals surface area contributed by atoms with Crippen molar-refractivity contribution >= 4 is 18.2 Å². The molecule has 0 radical (unpaired) electrons. The molecule has 1 aliphatic heterocycles. The second-order valence-electron chi connectivity index (χ2n) is 9.20. The SMILES string of the molecule is Cl.O=C(CN1CCOCC1)C12CC3CC(C1)CC(c1ccccc1)(C3)C2.